The lowest BCUT2D eigenvalue weighted by molar-refractivity contribution is 0.0820. The van der Waals surface area contributed by atoms with Gasteiger partial charge < -0.3 is 15.3 Å². The Morgan fingerprint density at radius 2 is 2.04 bits per heavy atom. The predicted molar refractivity (Wildman–Crippen MR) is 98.7 cm³/mol. The summed E-state index contributed by atoms with van der Waals surface area (Å²) in [6.07, 6.45) is 1.42. The number of rotatable bonds is 3. The molecule has 1 aliphatic heterocycles. The molecule has 0 radical (unpaired) electrons. The van der Waals surface area contributed by atoms with E-state index in [1.807, 2.05) is 30.0 Å². The molecule has 0 saturated carbocycles. The lowest BCUT2D eigenvalue weighted by Crippen LogP contribution is -2.42. The van der Waals surface area contributed by atoms with E-state index in [1.165, 1.54) is 0 Å². The van der Waals surface area contributed by atoms with Crippen molar-refractivity contribution >= 4 is 33.3 Å². The largest absolute Gasteiger partial charge is 0.393 e. The fraction of sp³-hybridized carbons (Fsp3) is 0.556. The number of thiazole rings is 1. The zero-order valence-electron chi connectivity index (χ0n) is 14.5. The summed E-state index contributed by atoms with van der Waals surface area (Å²) in [6.45, 7) is 7.49. The maximum atomic E-state index is 12.4. The van der Waals surface area contributed by atoms with E-state index in [4.69, 9.17) is 0 Å². The number of aliphatic hydroxyl groups excluding tert-OH is 1. The Hall–Kier alpha value is -1.66. The molecule has 1 aliphatic rings. The molecule has 0 spiro atoms. The van der Waals surface area contributed by atoms with Crippen LogP contribution in [0.15, 0.2) is 18.2 Å². The van der Waals surface area contributed by atoms with E-state index in [0.717, 1.165) is 33.8 Å². The number of urea groups is 1. The summed E-state index contributed by atoms with van der Waals surface area (Å²) in [5, 5.41) is 13.8. The van der Waals surface area contributed by atoms with Crippen molar-refractivity contribution in [2.24, 2.45) is 5.92 Å². The quantitative estimate of drug-likeness (QED) is 0.880. The fourth-order valence-corrected chi connectivity index (χ4v) is 4.06. The summed E-state index contributed by atoms with van der Waals surface area (Å²) < 4.78 is 1.10. The molecular formula is C18H25N3O2S. The van der Waals surface area contributed by atoms with Gasteiger partial charge in [0.15, 0.2) is 0 Å². The van der Waals surface area contributed by atoms with Crippen LogP contribution in [-0.4, -0.2) is 40.2 Å². The van der Waals surface area contributed by atoms with Gasteiger partial charge in [-0.2, -0.15) is 0 Å². The second kappa shape index (κ2) is 7.07. The molecule has 130 valence electrons. The van der Waals surface area contributed by atoms with Crippen LogP contribution in [0, 0.1) is 5.92 Å². The fourth-order valence-electron chi connectivity index (χ4n) is 3.05. The third-order valence-corrected chi connectivity index (χ3v) is 5.98. The second-order valence-electron chi connectivity index (χ2n) is 6.88. The van der Waals surface area contributed by atoms with Crippen LogP contribution in [0.4, 0.5) is 10.5 Å². The molecule has 1 atom stereocenters. The number of carbonyl (C=O) groups is 1. The third kappa shape index (κ3) is 3.70. The van der Waals surface area contributed by atoms with E-state index in [-0.39, 0.29) is 12.1 Å². The number of nitrogens with one attached hydrogen (secondary N) is 1. The highest BCUT2D eigenvalue weighted by Gasteiger charge is 2.25. The molecule has 3 rings (SSSR count). The lowest BCUT2D eigenvalue weighted by atomic mass is 9.92. The molecule has 2 heterocycles. The Morgan fingerprint density at radius 3 is 2.67 bits per heavy atom. The SMILES string of the molecule is CC(C)c1nc2ccc(NC(=O)N3CCC(C(C)O)CC3)cc2s1. The number of hydrogen-bond donors (Lipinski definition) is 2. The van der Waals surface area contributed by atoms with Crippen molar-refractivity contribution in [3.8, 4) is 0 Å². The molecule has 2 aromatic rings. The van der Waals surface area contributed by atoms with Crippen LogP contribution < -0.4 is 5.32 Å². The average Bonchev–Trinajstić information content (AvgIpc) is 2.98. The molecule has 0 aliphatic carbocycles. The Balaban J connectivity index is 1.65. The van der Waals surface area contributed by atoms with Crippen LogP contribution in [0.3, 0.4) is 0 Å². The maximum absolute atomic E-state index is 12.4. The van der Waals surface area contributed by atoms with Crippen molar-refractivity contribution in [1.82, 2.24) is 9.88 Å². The first-order valence-electron chi connectivity index (χ1n) is 8.58. The van der Waals surface area contributed by atoms with E-state index in [0.29, 0.717) is 24.9 Å². The van der Waals surface area contributed by atoms with E-state index >= 15 is 0 Å². The van der Waals surface area contributed by atoms with Crippen LogP contribution in [0.2, 0.25) is 0 Å². The first-order chi connectivity index (χ1) is 11.4. The number of amides is 2. The Morgan fingerprint density at radius 1 is 1.33 bits per heavy atom. The molecule has 1 aromatic carbocycles. The molecule has 1 unspecified atom stereocenters. The highest BCUT2D eigenvalue weighted by molar-refractivity contribution is 7.18. The Bertz CT molecular complexity index is 718. The van der Waals surface area contributed by atoms with Gasteiger partial charge in [0.1, 0.15) is 0 Å². The van der Waals surface area contributed by atoms with Gasteiger partial charge in [-0.15, -0.1) is 11.3 Å². The highest BCUT2D eigenvalue weighted by Crippen LogP contribution is 2.29. The van der Waals surface area contributed by atoms with E-state index in [2.05, 4.69) is 24.1 Å². The minimum atomic E-state index is -0.292. The number of fused-ring (bicyclic) bond motifs is 1. The van der Waals surface area contributed by atoms with Gasteiger partial charge in [-0.1, -0.05) is 13.8 Å². The average molecular weight is 347 g/mol. The maximum Gasteiger partial charge on any atom is 0.321 e. The molecule has 5 nitrogen and oxygen atoms in total. The second-order valence-corrected chi connectivity index (χ2v) is 7.95. The van der Waals surface area contributed by atoms with Gasteiger partial charge in [-0.3, -0.25) is 0 Å². The number of carbonyl (C=O) groups excluding carboxylic acids is 1. The van der Waals surface area contributed by atoms with Crippen LogP contribution in [-0.2, 0) is 0 Å². The summed E-state index contributed by atoms with van der Waals surface area (Å²) in [7, 11) is 0. The van der Waals surface area contributed by atoms with Crippen molar-refractivity contribution in [1.29, 1.82) is 0 Å². The molecule has 1 aromatic heterocycles. The smallest absolute Gasteiger partial charge is 0.321 e. The summed E-state index contributed by atoms with van der Waals surface area (Å²) in [6, 6.07) is 5.81. The Kier molecular flexibility index (Phi) is 5.06. The summed E-state index contributed by atoms with van der Waals surface area (Å²) in [5.74, 6) is 0.715. The number of nitrogens with zero attached hydrogens (tertiary/aromatic N) is 2. The molecule has 1 saturated heterocycles. The molecule has 0 bridgehead atoms. The normalized spacial score (nSPS) is 17.5. The number of hydrogen-bond acceptors (Lipinski definition) is 4. The van der Waals surface area contributed by atoms with E-state index in [1.54, 1.807) is 11.3 Å². The molecule has 1 fully saturated rings. The standard InChI is InChI=1S/C18H25N3O2S/c1-11(2)17-20-15-5-4-14(10-16(15)24-17)19-18(23)21-8-6-13(7-9-21)12(3)22/h4-5,10-13,22H,6-9H2,1-3H3,(H,19,23). The van der Waals surface area contributed by atoms with Crippen molar-refractivity contribution in [2.45, 2.75) is 45.6 Å². The number of anilines is 1. The number of aliphatic hydroxyl groups is 1. The molecule has 24 heavy (non-hydrogen) atoms. The van der Waals surface area contributed by atoms with Crippen LogP contribution >= 0.6 is 11.3 Å². The van der Waals surface area contributed by atoms with Gasteiger partial charge in [0.05, 0.1) is 21.3 Å². The minimum absolute atomic E-state index is 0.0630. The number of benzene rings is 1. The van der Waals surface area contributed by atoms with E-state index in [9.17, 15) is 9.90 Å². The van der Waals surface area contributed by atoms with Crippen LogP contribution in [0.1, 0.15) is 44.5 Å². The van der Waals surface area contributed by atoms with Crippen molar-refractivity contribution < 1.29 is 9.90 Å². The molecule has 6 heteroatoms. The van der Waals surface area contributed by atoms with Gasteiger partial charge in [-0.25, -0.2) is 9.78 Å². The van der Waals surface area contributed by atoms with Crippen LogP contribution in [0.5, 0.6) is 0 Å². The van der Waals surface area contributed by atoms with E-state index < -0.39 is 0 Å². The summed E-state index contributed by atoms with van der Waals surface area (Å²) in [4.78, 5) is 18.9. The topological polar surface area (TPSA) is 65.5 Å². The van der Waals surface area contributed by atoms with Gasteiger partial charge in [0.2, 0.25) is 0 Å². The highest BCUT2D eigenvalue weighted by atomic mass is 32.1. The molecular weight excluding hydrogens is 322 g/mol. The predicted octanol–water partition coefficient (Wildman–Crippen LogP) is 4.04. The zero-order chi connectivity index (χ0) is 17.3. The van der Waals surface area contributed by atoms with Crippen molar-refractivity contribution in [3.63, 3.8) is 0 Å². The minimum Gasteiger partial charge on any atom is -0.393 e. The van der Waals surface area contributed by atoms with Crippen molar-refractivity contribution in [2.75, 3.05) is 18.4 Å². The number of likely N-dealkylation sites (tertiary alicyclic amines) is 1. The monoisotopic (exact) mass is 347 g/mol. The van der Waals surface area contributed by atoms with Crippen LogP contribution in [0.25, 0.3) is 10.2 Å². The van der Waals surface area contributed by atoms with Gasteiger partial charge in [0, 0.05) is 24.7 Å². The first-order valence-corrected chi connectivity index (χ1v) is 9.40. The van der Waals surface area contributed by atoms with Gasteiger partial charge >= 0.3 is 6.03 Å². The Labute approximate surface area is 146 Å². The molecule has 2 amide bonds. The summed E-state index contributed by atoms with van der Waals surface area (Å²) in [5.41, 5.74) is 1.79. The number of piperidine rings is 1. The summed E-state index contributed by atoms with van der Waals surface area (Å²) >= 11 is 1.68. The first kappa shape index (κ1) is 17.2. The number of aromatic nitrogens is 1. The van der Waals surface area contributed by atoms with Gasteiger partial charge in [0.25, 0.3) is 0 Å². The third-order valence-electron chi connectivity index (χ3n) is 4.66. The zero-order valence-corrected chi connectivity index (χ0v) is 15.3. The lowest BCUT2D eigenvalue weighted by Gasteiger charge is -2.33. The van der Waals surface area contributed by atoms with Crippen molar-refractivity contribution in [3.05, 3.63) is 23.2 Å². The molecule has 2 N–H and O–H groups in total. The van der Waals surface area contributed by atoms with Gasteiger partial charge in [-0.05, 0) is 43.9 Å².